The number of allylic oxidation sites excluding steroid dienone is 1. The van der Waals surface area contributed by atoms with Crippen LogP contribution in [0, 0.1) is 0 Å². The van der Waals surface area contributed by atoms with Gasteiger partial charge < -0.3 is 10.6 Å². The van der Waals surface area contributed by atoms with Crippen LogP contribution < -0.4 is 10.6 Å². The van der Waals surface area contributed by atoms with Crippen LogP contribution in [0.5, 0.6) is 0 Å². The Morgan fingerprint density at radius 1 is 1.42 bits per heavy atom. The number of nitrogens with one attached hydrogen (secondary N) is 2. The van der Waals surface area contributed by atoms with Crippen molar-refractivity contribution >= 4 is 12.6 Å². The first-order valence-corrected chi connectivity index (χ1v) is 8.16. The number of aromatic nitrogens is 2. The van der Waals surface area contributed by atoms with E-state index in [1.165, 1.54) is 0 Å². The molecule has 1 fully saturated rings. The summed E-state index contributed by atoms with van der Waals surface area (Å²) in [7, 11) is 1.86. The monoisotopic (exact) mass is 329 g/mol. The molecule has 2 rings (SSSR count). The zero-order chi connectivity index (χ0) is 17.9. The molecule has 0 aliphatic heterocycles. The third-order valence-electron chi connectivity index (χ3n) is 4.39. The second-order valence-corrected chi connectivity index (χ2v) is 6.82. The van der Waals surface area contributed by atoms with Gasteiger partial charge in [0.1, 0.15) is 5.82 Å². The summed E-state index contributed by atoms with van der Waals surface area (Å²) in [5, 5.41) is 10.5. The summed E-state index contributed by atoms with van der Waals surface area (Å²) in [6.45, 7) is 12.0. The average Bonchev–Trinajstić information content (AvgIpc) is 3.10. The molecule has 1 aromatic rings. The number of nitrogens with zero attached hydrogens (tertiary/aromatic N) is 3. The van der Waals surface area contributed by atoms with E-state index in [-0.39, 0.29) is 11.4 Å². The largest absolute Gasteiger partial charge is 0.365 e. The minimum absolute atomic E-state index is 0.0791. The quantitative estimate of drug-likeness (QED) is 0.458. The van der Waals surface area contributed by atoms with Gasteiger partial charge in [0.15, 0.2) is 0 Å². The fourth-order valence-electron chi connectivity index (χ4n) is 2.57. The fourth-order valence-corrected chi connectivity index (χ4v) is 2.57. The van der Waals surface area contributed by atoms with Crippen LogP contribution in [-0.4, -0.2) is 27.9 Å². The normalized spacial score (nSPS) is 16.0. The van der Waals surface area contributed by atoms with Crippen molar-refractivity contribution in [3.63, 3.8) is 0 Å². The lowest BCUT2D eigenvalue weighted by molar-refractivity contribution is -0.117. The summed E-state index contributed by atoms with van der Waals surface area (Å²) >= 11 is 0. The summed E-state index contributed by atoms with van der Waals surface area (Å²) in [6, 6.07) is 1.89. The SMILES string of the molecule is C=N/C(NC1(C)CC1)=C(\C)C(C(=O)NCc1ccnn1C)=C(C)C. The third-order valence-corrected chi connectivity index (χ3v) is 4.39. The van der Waals surface area contributed by atoms with E-state index in [9.17, 15) is 4.79 Å². The lowest BCUT2D eigenvalue weighted by atomic mass is 10.0. The zero-order valence-corrected chi connectivity index (χ0v) is 15.2. The molecule has 1 saturated carbocycles. The molecule has 6 nitrogen and oxygen atoms in total. The first-order chi connectivity index (χ1) is 11.3. The second kappa shape index (κ2) is 7.03. The average molecular weight is 329 g/mol. The molecule has 1 aliphatic rings. The van der Waals surface area contributed by atoms with E-state index in [1.807, 2.05) is 33.9 Å². The highest BCUT2D eigenvalue weighted by Gasteiger charge is 2.38. The van der Waals surface area contributed by atoms with Crippen molar-refractivity contribution in [1.82, 2.24) is 20.4 Å². The summed E-state index contributed by atoms with van der Waals surface area (Å²) in [4.78, 5) is 16.8. The molecular weight excluding hydrogens is 302 g/mol. The molecule has 0 atom stereocenters. The van der Waals surface area contributed by atoms with Crippen molar-refractivity contribution in [2.24, 2.45) is 12.0 Å². The number of hydrogen-bond acceptors (Lipinski definition) is 4. The number of hydrogen-bond donors (Lipinski definition) is 2. The van der Waals surface area contributed by atoms with Gasteiger partial charge in [0.05, 0.1) is 12.2 Å². The number of rotatable bonds is 7. The number of carbonyl (C=O) groups is 1. The van der Waals surface area contributed by atoms with Crippen LogP contribution >= 0.6 is 0 Å². The predicted molar refractivity (Wildman–Crippen MR) is 96.5 cm³/mol. The molecule has 130 valence electrons. The van der Waals surface area contributed by atoms with Gasteiger partial charge in [-0.15, -0.1) is 0 Å². The smallest absolute Gasteiger partial charge is 0.251 e. The molecule has 0 spiro atoms. The summed E-state index contributed by atoms with van der Waals surface area (Å²) in [5.41, 5.74) is 3.44. The number of amides is 1. The standard InChI is InChI=1S/C18H27N5O/c1-12(2)15(13(3)16(19-5)22-18(4)8-9-18)17(24)20-11-14-7-10-21-23(14)6/h7,10,22H,5,8-9,11H2,1-4,6H3,(H,20,24)/b16-13-. The van der Waals surface area contributed by atoms with Crippen LogP contribution in [0.1, 0.15) is 46.2 Å². The van der Waals surface area contributed by atoms with Crippen LogP contribution in [0.3, 0.4) is 0 Å². The molecule has 1 amide bonds. The van der Waals surface area contributed by atoms with E-state index in [2.05, 4.69) is 34.4 Å². The first-order valence-electron chi connectivity index (χ1n) is 8.16. The zero-order valence-electron chi connectivity index (χ0n) is 15.2. The van der Waals surface area contributed by atoms with Crippen LogP contribution in [0.4, 0.5) is 0 Å². The van der Waals surface area contributed by atoms with Gasteiger partial charge in [0.25, 0.3) is 5.91 Å². The van der Waals surface area contributed by atoms with E-state index >= 15 is 0 Å². The summed E-state index contributed by atoms with van der Waals surface area (Å²) < 4.78 is 1.75. The van der Waals surface area contributed by atoms with Crippen molar-refractivity contribution in [1.29, 1.82) is 0 Å². The minimum atomic E-state index is -0.113. The van der Waals surface area contributed by atoms with Gasteiger partial charge in [0.2, 0.25) is 0 Å². The number of carbonyl (C=O) groups excluding carboxylic acids is 1. The van der Waals surface area contributed by atoms with Crippen LogP contribution in [-0.2, 0) is 18.4 Å². The Morgan fingerprint density at radius 2 is 2.08 bits per heavy atom. The topological polar surface area (TPSA) is 71.3 Å². The maximum Gasteiger partial charge on any atom is 0.251 e. The van der Waals surface area contributed by atoms with Crippen molar-refractivity contribution < 1.29 is 4.79 Å². The Morgan fingerprint density at radius 3 is 2.54 bits per heavy atom. The molecule has 24 heavy (non-hydrogen) atoms. The fraction of sp³-hybridized carbons (Fsp3) is 0.500. The van der Waals surface area contributed by atoms with Gasteiger partial charge >= 0.3 is 0 Å². The molecule has 1 aromatic heterocycles. The Hall–Kier alpha value is -2.37. The van der Waals surface area contributed by atoms with Gasteiger partial charge in [0, 0.05) is 29.9 Å². The summed E-state index contributed by atoms with van der Waals surface area (Å²) in [6.07, 6.45) is 3.93. The third kappa shape index (κ3) is 4.13. The maximum absolute atomic E-state index is 12.7. The maximum atomic E-state index is 12.7. The first kappa shape index (κ1) is 18.0. The van der Waals surface area contributed by atoms with Crippen molar-refractivity contribution in [3.8, 4) is 0 Å². The molecule has 0 bridgehead atoms. The van der Waals surface area contributed by atoms with Crippen molar-refractivity contribution in [2.45, 2.75) is 52.6 Å². The number of aryl methyl sites for hydroxylation is 1. The Kier molecular flexibility index (Phi) is 5.26. The van der Waals surface area contributed by atoms with Gasteiger partial charge in [-0.3, -0.25) is 9.48 Å². The highest BCUT2D eigenvalue weighted by molar-refractivity contribution is 5.98. The van der Waals surface area contributed by atoms with Crippen LogP contribution in [0.25, 0.3) is 0 Å². The molecule has 1 aliphatic carbocycles. The molecule has 1 heterocycles. The molecule has 0 aromatic carbocycles. The lowest BCUT2D eigenvalue weighted by Crippen LogP contribution is -2.30. The van der Waals surface area contributed by atoms with Crippen molar-refractivity contribution in [3.05, 3.63) is 40.5 Å². The Bertz CT molecular complexity index is 703. The molecule has 6 heteroatoms. The van der Waals surface area contributed by atoms with Gasteiger partial charge in [-0.1, -0.05) is 5.57 Å². The van der Waals surface area contributed by atoms with E-state index in [0.717, 1.165) is 29.7 Å². The lowest BCUT2D eigenvalue weighted by Gasteiger charge is -2.18. The van der Waals surface area contributed by atoms with E-state index < -0.39 is 0 Å². The summed E-state index contributed by atoms with van der Waals surface area (Å²) in [5.74, 6) is 0.569. The minimum Gasteiger partial charge on any atom is -0.365 e. The molecule has 0 unspecified atom stereocenters. The molecule has 0 radical (unpaired) electrons. The number of aliphatic imine (C=N–C) groups is 1. The van der Waals surface area contributed by atoms with E-state index in [4.69, 9.17) is 0 Å². The van der Waals surface area contributed by atoms with E-state index in [0.29, 0.717) is 17.9 Å². The Labute approximate surface area is 143 Å². The van der Waals surface area contributed by atoms with Crippen LogP contribution in [0.15, 0.2) is 39.8 Å². The van der Waals surface area contributed by atoms with Crippen molar-refractivity contribution in [2.75, 3.05) is 0 Å². The highest BCUT2D eigenvalue weighted by atomic mass is 16.1. The van der Waals surface area contributed by atoms with E-state index in [1.54, 1.807) is 10.9 Å². The molecule has 0 saturated heterocycles. The predicted octanol–water partition coefficient (Wildman–Crippen LogP) is 2.45. The molecular formula is C18H27N5O. The van der Waals surface area contributed by atoms with Gasteiger partial charge in [-0.2, -0.15) is 5.10 Å². The van der Waals surface area contributed by atoms with Crippen LogP contribution in [0.2, 0.25) is 0 Å². The second-order valence-electron chi connectivity index (χ2n) is 6.82. The highest BCUT2D eigenvalue weighted by Crippen LogP contribution is 2.36. The Balaban J connectivity index is 2.18. The molecule has 2 N–H and O–H groups in total. The van der Waals surface area contributed by atoms with Gasteiger partial charge in [-0.05, 0) is 53.3 Å². The van der Waals surface area contributed by atoms with Gasteiger partial charge in [-0.25, -0.2) is 4.99 Å².